The SMILES string of the molecule is CCc1c(-n2ccnc2CC)ccc(-c2ccc3onc(N)c3c2)c1F. The van der Waals surface area contributed by atoms with Gasteiger partial charge < -0.3 is 14.8 Å². The van der Waals surface area contributed by atoms with E-state index >= 15 is 4.39 Å². The number of nitrogens with zero attached hydrogens (tertiary/aromatic N) is 3. The number of anilines is 1. The fourth-order valence-electron chi connectivity index (χ4n) is 3.34. The van der Waals surface area contributed by atoms with Crippen LogP contribution in [0.5, 0.6) is 0 Å². The molecule has 0 amide bonds. The molecule has 2 heterocycles. The van der Waals surface area contributed by atoms with Crippen LogP contribution in [0.1, 0.15) is 25.2 Å². The van der Waals surface area contributed by atoms with Gasteiger partial charge in [0.1, 0.15) is 11.6 Å². The van der Waals surface area contributed by atoms with Crippen molar-refractivity contribution in [2.75, 3.05) is 5.73 Å². The molecule has 0 radical (unpaired) electrons. The number of halogens is 1. The summed E-state index contributed by atoms with van der Waals surface area (Å²) in [6.45, 7) is 3.99. The molecule has 0 fully saturated rings. The third-order valence-electron chi connectivity index (χ3n) is 4.67. The van der Waals surface area contributed by atoms with Crippen LogP contribution in [-0.4, -0.2) is 14.7 Å². The topological polar surface area (TPSA) is 69.9 Å². The molecule has 0 aliphatic carbocycles. The van der Waals surface area contributed by atoms with Crippen LogP contribution in [-0.2, 0) is 12.8 Å². The number of nitrogens with two attached hydrogens (primary N) is 1. The molecular weight excluding hydrogens is 331 g/mol. The number of fused-ring (bicyclic) bond motifs is 1. The van der Waals surface area contributed by atoms with E-state index in [0.29, 0.717) is 34.3 Å². The minimum atomic E-state index is -0.227. The highest BCUT2D eigenvalue weighted by Crippen LogP contribution is 2.33. The number of benzene rings is 2. The zero-order valence-electron chi connectivity index (χ0n) is 14.7. The van der Waals surface area contributed by atoms with E-state index in [9.17, 15) is 0 Å². The van der Waals surface area contributed by atoms with Gasteiger partial charge in [-0.05, 0) is 36.2 Å². The van der Waals surface area contributed by atoms with Gasteiger partial charge in [-0.3, -0.25) is 0 Å². The monoisotopic (exact) mass is 350 g/mol. The second-order valence-corrected chi connectivity index (χ2v) is 6.12. The molecule has 2 N–H and O–H groups in total. The van der Waals surface area contributed by atoms with Crippen molar-refractivity contribution in [1.82, 2.24) is 14.7 Å². The van der Waals surface area contributed by atoms with Crippen molar-refractivity contribution in [3.8, 4) is 16.8 Å². The van der Waals surface area contributed by atoms with Gasteiger partial charge in [0.2, 0.25) is 0 Å². The molecule has 0 saturated carbocycles. The van der Waals surface area contributed by atoms with E-state index < -0.39 is 0 Å². The molecule has 0 bridgehead atoms. The summed E-state index contributed by atoms with van der Waals surface area (Å²) in [4.78, 5) is 4.34. The van der Waals surface area contributed by atoms with Crippen molar-refractivity contribution < 1.29 is 8.91 Å². The fourth-order valence-corrected chi connectivity index (χ4v) is 3.34. The van der Waals surface area contributed by atoms with Gasteiger partial charge in [0.15, 0.2) is 11.4 Å². The van der Waals surface area contributed by atoms with Crippen LogP contribution in [0, 0.1) is 5.82 Å². The summed E-state index contributed by atoms with van der Waals surface area (Å²) < 4.78 is 22.4. The Morgan fingerprint density at radius 3 is 2.77 bits per heavy atom. The van der Waals surface area contributed by atoms with Gasteiger partial charge in [-0.25, -0.2) is 9.37 Å². The molecule has 2 aromatic heterocycles. The molecule has 0 aliphatic heterocycles. The minimum absolute atomic E-state index is 0.227. The average molecular weight is 350 g/mol. The van der Waals surface area contributed by atoms with Gasteiger partial charge in [-0.2, -0.15) is 0 Å². The lowest BCUT2D eigenvalue weighted by Gasteiger charge is -2.15. The van der Waals surface area contributed by atoms with E-state index in [0.717, 1.165) is 23.5 Å². The first-order valence-corrected chi connectivity index (χ1v) is 8.63. The summed E-state index contributed by atoms with van der Waals surface area (Å²) in [5, 5.41) is 4.44. The second-order valence-electron chi connectivity index (χ2n) is 6.12. The molecule has 0 aliphatic rings. The molecular formula is C20H19FN4O. The van der Waals surface area contributed by atoms with Gasteiger partial charge in [0.25, 0.3) is 0 Å². The van der Waals surface area contributed by atoms with E-state index in [2.05, 4.69) is 10.1 Å². The molecule has 4 aromatic rings. The quantitative estimate of drug-likeness (QED) is 0.587. The largest absolute Gasteiger partial charge is 0.380 e. The molecule has 132 valence electrons. The van der Waals surface area contributed by atoms with Crippen LogP contribution in [0.3, 0.4) is 0 Å². The fraction of sp³-hybridized carbons (Fsp3) is 0.200. The summed E-state index contributed by atoms with van der Waals surface area (Å²) in [5.74, 6) is 0.987. The molecule has 0 atom stereocenters. The summed E-state index contributed by atoms with van der Waals surface area (Å²) in [6, 6.07) is 9.14. The van der Waals surface area contributed by atoms with Crippen LogP contribution < -0.4 is 5.73 Å². The first-order chi connectivity index (χ1) is 12.6. The smallest absolute Gasteiger partial charge is 0.174 e. The van der Waals surface area contributed by atoms with Crippen molar-refractivity contribution in [2.45, 2.75) is 26.7 Å². The van der Waals surface area contributed by atoms with E-state index in [4.69, 9.17) is 10.3 Å². The maximum atomic E-state index is 15.4. The summed E-state index contributed by atoms with van der Waals surface area (Å²) in [5.41, 5.74) is 9.18. The van der Waals surface area contributed by atoms with E-state index in [1.807, 2.05) is 42.8 Å². The van der Waals surface area contributed by atoms with Crippen LogP contribution in [0.2, 0.25) is 0 Å². The summed E-state index contributed by atoms with van der Waals surface area (Å²) >= 11 is 0. The number of hydrogen-bond acceptors (Lipinski definition) is 4. The summed E-state index contributed by atoms with van der Waals surface area (Å²) in [6.07, 6.45) is 4.97. The Hall–Kier alpha value is -3.15. The van der Waals surface area contributed by atoms with Crippen molar-refractivity contribution >= 4 is 16.8 Å². The van der Waals surface area contributed by atoms with Crippen LogP contribution in [0.15, 0.2) is 47.2 Å². The zero-order chi connectivity index (χ0) is 18.3. The maximum absolute atomic E-state index is 15.4. The molecule has 6 heteroatoms. The van der Waals surface area contributed by atoms with Crippen molar-refractivity contribution in [2.24, 2.45) is 0 Å². The highest BCUT2D eigenvalue weighted by atomic mass is 19.1. The van der Waals surface area contributed by atoms with Gasteiger partial charge in [-0.1, -0.05) is 25.1 Å². The van der Waals surface area contributed by atoms with Crippen LogP contribution in [0.4, 0.5) is 10.2 Å². The Balaban J connectivity index is 1.89. The third kappa shape index (κ3) is 2.45. The van der Waals surface area contributed by atoms with E-state index in [-0.39, 0.29) is 5.82 Å². The van der Waals surface area contributed by atoms with Gasteiger partial charge >= 0.3 is 0 Å². The highest BCUT2D eigenvalue weighted by Gasteiger charge is 2.17. The molecule has 0 saturated heterocycles. The Kier molecular flexibility index (Phi) is 3.95. The van der Waals surface area contributed by atoms with E-state index in [1.165, 1.54) is 0 Å². The maximum Gasteiger partial charge on any atom is 0.174 e. The van der Waals surface area contributed by atoms with Crippen molar-refractivity contribution in [3.63, 3.8) is 0 Å². The lowest BCUT2D eigenvalue weighted by molar-refractivity contribution is 0.460. The second kappa shape index (κ2) is 6.29. The van der Waals surface area contributed by atoms with Crippen molar-refractivity contribution in [3.05, 3.63) is 59.9 Å². The lowest BCUT2D eigenvalue weighted by Crippen LogP contribution is -2.05. The predicted molar refractivity (Wildman–Crippen MR) is 99.7 cm³/mol. The Morgan fingerprint density at radius 2 is 2.00 bits per heavy atom. The number of hydrogen-bond donors (Lipinski definition) is 1. The third-order valence-corrected chi connectivity index (χ3v) is 4.67. The van der Waals surface area contributed by atoms with Gasteiger partial charge in [-0.15, -0.1) is 0 Å². The Bertz CT molecular complexity index is 1100. The number of rotatable bonds is 4. The molecule has 0 spiro atoms. The van der Waals surface area contributed by atoms with Crippen LogP contribution in [0.25, 0.3) is 27.8 Å². The highest BCUT2D eigenvalue weighted by molar-refractivity contribution is 5.91. The van der Waals surface area contributed by atoms with Crippen molar-refractivity contribution in [1.29, 1.82) is 0 Å². The first-order valence-electron chi connectivity index (χ1n) is 8.63. The van der Waals surface area contributed by atoms with Gasteiger partial charge in [0.05, 0.1) is 11.1 Å². The zero-order valence-corrected chi connectivity index (χ0v) is 14.7. The number of aromatic nitrogens is 3. The molecule has 26 heavy (non-hydrogen) atoms. The van der Waals surface area contributed by atoms with E-state index in [1.54, 1.807) is 18.3 Å². The Labute approximate surface area is 150 Å². The minimum Gasteiger partial charge on any atom is -0.380 e. The average Bonchev–Trinajstić information content (AvgIpc) is 3.28. The van der Waals surface area contributed by atoms with Crippen LogP contribution >= 0.6 is 0 Å². The number of nitrogen functional groups attached to an aromatic ring is 1. The molecule has 2 aromatic carbocycles. The lowest BCUT2D eigenvalue weighted by atomic mass is 9.98. The Morgan fingerprint density at radius 1 is 1.15 bits per heavy atom. The van der Waals surface area contributed by atoms with Gasteiger partial charge in [0, 0.05) is 29.9 Å². The molecule has 4 rings (SSSR count). The molecule has 0 unspecified atom stereocenters. The standard InChI is InChI=1S/C20H19FN4O/c1-3-13-16(25-10-9-23-18(25)4-2)7-6-14(19(13)21)12-5-8-17-15(11-12)20(22)24-26-17/h5-11H,3-4H2,1-2H3,(H2,22,24). The molecule has 5 nitrogen and oxygen atoms in total. The number of imidazole rings is 1. The summed E-state index contributed by atoms with van der Waals surface area (Å²) in [7, 11) is 0. The predicted octanol–water partition coefficient (Wildman–Crippen LogP) is 4.53. The first kappa shape index (κ1) is 16.3. The normalized spacial score (nSPS) is 11.3. The number of aryl methyl sites for hydroxylation is 1.